The molecule has 0 aromatic carbocycles. The lowest BCUT2D eigenvalue weighted by Gasteiger charge is -2.25. The Hall–Kier alpha value is -3.26. The summed E-state index contributed by atoms with van der Waals surface area (Å²) in [6, 6.07) is -4.74. The summed E-state index contributed by atoms with van der Waals surface area (Å²) in [5.74, 6) is -6.70. The summed E-state index contributed by atoms with van der Waals surface area (Å²) in [6.07, 6.45) is -3.11. The summed E-state index contributed by atoms with van der Waals surface area (Å²) < 4.78 is 0. The maximum Gasteiger partial charge on any atom is 0.326 e. The SMILES string of the molecule is CC(O)C(NC(=O)C(CC(N)=O)NC(=O)CN)C(=O)NC(CCC(=O)O)C(=O)O. The van der Waals surface area contributed by atoms with Crippen molar-refractivity contribution in [3.63, 3.8) is 0 Å². The highest BCUT2D eigenvalue weighted by Gasteiger charge is 2.32. The van der Waals surface area contributed by atoms with Crippen molar-refractivity contribution in [2.75, 3.05) is 6.54 Å². The number of amides is 4. The zero-order chi connectivity index (χ0) is 22.7. The number of carboxylic acids is 2. The lowest BCUT2D eigenvalue weighted by molar-refractivity contribution is -0.144. The van der Waals surface area contributed by atoms with Crippen molar-refractivity contribution in [2.24, 2.45) is 11.5 Å². The predicted molar refractivity (Wildman–Crippen MR) is 94.8 cm³/mol. The molecule has 0 aliphatic heterocycles. The van der Waals surface area contributed by atoms with E-state index >= 15 is 0 Å². The summed E-state index contributed by atoms with van der Waals surface area (Å²) in [5, 5.41) is 33.7. The Kier molecular flexibility index (Phi) is 10.9. The molecule has 4 unspecified atom stereocenters. The van der Waals surface area contributed by atoms with Crippen molar-refractivity contribution >= 4 is 35.6 Å². The largest absolute Gasteiger partial charge is 0.481 e. The van der Waals surface area contributed by atoms with Crippen LogP contribution in [0.3, 0.4) is 0 Å². The first-order valence-corrected chi connectivity index (χ1v) is 8.40. The zero-order valence-corrected chi connectivity index (χ0v) is 15.6. The van der Waals surface area contributed by atoms with Crippen molar-refractivity contribution < 1.29 is 44.1 Å². The molecule has 0 rings (SSSR count). The molecule has 4 amide bonds. The van der Waals surface area contributed by atoms with Gasteiger partial charge >= 0.3 is 11.9 Å². The third-order valence-corrected chi connectivity index (χ3v) is 3.57. The summed E-state index contributed by atoms with van der Waals surface area (Å²) in [4.78, 5) is 68.9. The average Bonchev–Trinajstić information content (AvgIpc) is 2.60. The zero-order valence-electron chi connectivity index (χ0n) is 15.6. The maximum absolute atomic E-state index is 12.3. The first-order valence-electron chi connectivity index (χ1n) is 8.40. The predicted octanol–water partition coefficient (Wildman–Crippen LogP) is -4.39. The molecule has 14 nitrogen and oxygen atoms in total. The summed E-state index contributed by atoms with van der Waals surface area (Å²) in [6.45, 7) is 0.631. The van der Waals surface area contributed by atoms with Crippen molar-refractivity contribution in [1.29, 1.82) is 0 Å². The normalized spacial score (nSPS) is 14.6. The van der Waals surface area contributed by atoms with Gasteiger partial charge < -0.3 is 42.7 Å². The van der Waals surface area contributed by atoms with Gasteiger partial charge in [0.15, 0.2) is 0 Å². The van der Waals surface area contributed by atoms with Crippen molar-refractivity contribution in [3.05, 3.63) is 0 Å². The minimum atomic E-state index is -1.67. The van der Waals surface area contributed by atoms with Crippen LogP contribution in [0.15, 0.2) is 0 Å². The molecule has 164 valence electrons. The molecule has 29 heavy (non-hydrogen) atoms. The lowest BCUT2D eigenvalue weighted by atomic mass is 10.1. The van der Waals surface area contributed by atoms with Crippen LogP contribution in [0.5, 0.6) is 0 Å². The third-order valence-electron chi connectivity index (χ3n) is 3.57. The molecular formula is C15H25N5O9. The van der Waals surface area contributed by atoms with Crippen molar-refractivity contribution in [3.8, 4) is 0 Å². The van der Waals surface area contributed by atoms with Gasteiger partial charge in [0.25, 0.3) is 0 Å². The third kappa shape index (κ3) is 10.0. The molecule has 0 aromatic heterocycles. The van der Waals surface area contributed by atoms with Gasteiger partial charge in [-0.2, -0.15) is 0 Å². The van der Waals surface area contributed by atoms with Crippen LogP contribution in [0, 0.1) is 0 Å². The van der Waals surface area contributed by atoms with E-state index in [1.54, 1.807) is 0 Å². The van der Waals surface area contributed by atoms with E-state index in [1.807, 2.05) is 5.32 Å². The van der Waals surface area contributed by atoms with Gasteiger partial charge in [-0.3, -0.25) is 24.0 Å². The lowest BCUT2D eigenvalue weighted by Crippen LogP contribution is -2.59. The van der Waals surface area contributed by atoms with Crippen LogP contribution >= 0.6 is 0 Å². The van der Waals surface area contributed by atoms with Crippen LogP contribution in [-0.4, -0.2) is 81.7 Å². The smallest absolute Gasteiger partial charge is 0.326 e. The number of hydrogen-bond acceptors (Lipinski definition) is 8. The van der Waals surface area contributed by atoms with Gasteiger partial charge in [0.2, 0.25) is 23.6 Å². The summed E-state index contributed by atoms with van der Waals surface area (Å²) in [7, 11) is 0. The fourth-order valence-corrected chi connectivity index (χ4v) is 2.11. The van der Waals surface area contributed by atoms with Gasteiger partial charge in [-0.15, -0.1) is 0 Å². The van der Waals surface area contributed by atoms with Crippen LogP contribution in [0.4, 0.5) is 0 Å². The van der Waals surface area contributed by atoms with E-state index in [4.69, 9.17) is 21.7 Å². The topological polar surface area (TPSA) is 251 Å². The van der Waals surface area contributed by atoms with Crippen LogP contribution < -0.4 is 27.4 Å². The number of rotatable bonds is 13. The molecule has 0 heterocycles. The fourth-order valence-electron chi connectivity index (χ4n) is 2.11. The van der Waals surface area contributed by atoms with Gasteiger partial charge in [-0.1, -0.05) is 0 Å². The van der Waals surface area contributed by atoms with Gasteiger partial charge in [-0.25, -0.2) is 4.79 Å². The Morgan fingerprint density at radius 2 is 1.52 bits per heavy atom. The number of carboxylic acid groups (broad SMARTS) is 2. The minimum absolute atomic E-state index is 0.437. The van der Waals surface area contributed by atoms with Crippen molar-refractivity contribution in [1.82, 2.24) is 16.0 Å². The Labute approximate surface area is 165 Å². The monoisotopic (exact) mass is 419 g/mol. The fraction of sp³-hybridized carbons (Fsp3) is 0.600. The number of aliphatic hydroxyl groups excluding tert-OH is 1. The highest BCUT2D eigenvalue weighted by Crippen LogP contribution is 2.02. The molecule has 0 saturated heterocycles. The average molecular weight is 419 g/mol. The number of aliphatic carboxylic acids is 2. The van der Waals surface area contributed by atoms with Crippen LogP contribution in [-0.2, 0) is 28.8 Å². The Bertz CT molecular complexity index is 652. The molecule has 4 atom stereocenters. The number of primary amides is 1. The van der Waals surface area contributed by atoms with Crippen LogP contribution in [0.1, 0.15) is 26.2 Å². The molecule has 0 aliphatic carbocycles. The first-order chi connectivity index (χ1) is 13.4. The first kappa shape index (κ1) is 25.7. The van der Waals surface area contributed by atoms with E-state index in [2.05, 4.69) is 10.6 Å². The molecule has 0 aromatic rings. The van der Waals surface area contributed by atoms with Crippen LogP contribution in [0.25, 0.3) is 0 Å². The Morgan fingerprint density at radius 1 is 0.931 bits per heavy atom. The second-order valence-electron chi connectivity index (χ2n) is 6.05. The Morgan fingerprint density at radius 3 is 1.93 bits per heavy atom. The minimum Gasteiger partial charge on any atom is -0.481 e. The second-order valence-corrected chi connectivity index (χ2v) is 6.05. The van der Waals surface area contributed by atoms with E-state index in [-0.39, 0.29) is 0 Å². The molecule has 0 spiro atoms. The molecule has 14 heteroatoms. The molecule has 10 N–H and O–H groups in total. The number of nitrogens with two attached hydrogens (primary N) is 2. The van der Waals surface area contributed by atoms with Crippen LogP contribution in [0.2, 0.25) is 0 Å². The van der Waals surface area contributed by atoms with E-state index in [0.29, 0.717) is 0 Å². The van der Waals surface area contributed by atoms with E-state index < -0.39 is 85.6 Å². The maximum atomic E-state index is 12.3. The number of nitrogens with one attached hydrogen (secondary N) is 3. The van der Waals surface area contributed by atoms with Gasteiger partial charge in [0.1, 0.15) is 18.1 Å². The number of aliphatic hydroxyl groups is 1. The van der Waals surface area contributed by atoms with Crippen molar-refractivity contribution in [2.45, 2.75) is 50.4 Å². The van der Waals surface area contributed by atoms with E-state index in [9.17, 15) is 33.9 Å². The summed E-state index contributed by atoms with van der Waals surface area (Å²) in [5.41, 5.74) is 10.1. The summed E-state index contributed by atoms with van der Waals surface area (Å²) >= 11 is 0. The van der Waals surface area contributed by atoms with E-state index in [0.717, 1.165) is 6.92 Å². The standard InChI is InChI=1S/C15H25N5O9/c1-6(21)12(14(27)19-7(15(28)29)2-3-11(24)25)20-13(26)8(4-9(17)22)18-10(23)5-16/h6-8,12,21H,2-5,16H2,1H3,(H2,17,22)(H,18,23)(H,19,27)(H,20,26)(H,24,25)(H,28,29). The van der Waals surface area contributed by atoms with Gasteiger partial charge in [0.05, 0.1) is 19.1 Å². The molecular weight excluding hydrogens is 394 g/mol. The van der Waals surface area contributed by atoms with E-state index in [1.165, 1.54) is 0 Å². The molecule has 0 saturated carbocycles. The highest BCUT2D eigenvalue weighted by atomic mass is 16.4. The van der Waals surface area contributed by atoms with Gasteiger partial charge in [-0.05, 0) is 13.3 Å². The molecule has 0 fully saturated rings. The number of hydrogen-bond donors (Lipinski definition) is 8. The molecule has 0 bridgehead atoms. The quantitative estimate of drug-likeness (QED) is 0.142. The Balaban J connectivity index is 5.29. The highest BCUT2D eigenvalue weighted by molar-refractivity contribution is 5.95. The van der Waals surface area contributed by atoms with Gasteiger partial charge in [0, 0.05) is 6.42 Å². The second kappa shape index (κ2) is 12.2. The number of carbonyl (C=O) groups excluding carboxylic acids is 4. The number of carbonyl (C=O) groups is 6. The molecule has 0 aliphatic rings. The molecule has 0 radical (unpaired) electrons.